The number of primary amides is 1. The molecule has 0 aromatic rings. The first-order valence-electron chi connectivity index (χ1n) is 8.86. The van der Waals surface area contributed by atoms with Gasteiger partial charge >= 0.3 is 18.0 Å². The van der Waals surface area contributed by atoms with Gasteiger partial charge in [0.15, 0.2) is 0 Å². The van der Waals surface area contributed by atoms with Gasteiger partial charge in [0.25, 0.3) is 0 Å². The van der Waals surface area contributed by atoms with E-state index in [-0.39, 0.29) is 11.5 Å². The van der Waals surface area contributed by atoms with Crippen LogP contribution >= 0.6 is 0 Å². The SMILES string of the molecule is CC(C)(C)ONC(N)=O.NC1(C(=O)O)CCCC1.O=C(O)C1CCCC1. The molecule has 2 aliphatic rings. The van der Waals surface area contributed by atoms with Crippen LogP contribution in [0.15, 0.2) is 0 Å². The van der Waals surface area contributed by atoms with E-state index in [0.717, 1.165) is 38.5 Å². The van der Waals surface area contributed by atoms with Crippen LogP contribution in [0.4, 0.5) is 4.79 Å². The van der Waals surface area contributed by atoms with Gasteiger partial charge in [-0.3, -0.25) is 14.4 Å². The topological polar surface area (TPSA) is 165 Å². The highest BCUT2D eigenvalue weighted by Gasteiger charge is 2.36. The lowest BCUT2D eigenvalue weighted by Gasteiger charge is -2.17. The third-order valence-electron chi connectivity index (χ3n) is 4.08. The third-order valence-corrected chi connectivity index (χ3v) is 4.08. The zero-order chi connectivity index (χ0) is 20.4. The number of urea groups is 1. The molecule has 0 aliphatic heterocycles. The van der Waals surface area contributed by atoms with E-state index in [1.54, 1.807) is 0 Å². The number of hydrogen-bond acceptors (Lipinski definition) is 5. The van der Waals surface area contributed by atoms with Gasteiger partial charge in [0.05, 0.1) is 11.5 Å². The van der Waals surface area contributed by atoms with Crippen LogP contribution < -0.4 is 16.9 Å². The van der Waals surface area contributed by atoms with E-state index in [1.165, 1.54) is 0 Å². The van der Waals surface area contributed by atoms with Crippen LogP contribution in [-0.4, -0.2) is 39.3 Å². The highest BCUT2D eigenvalue weighted by molar-refractivity contribution is 5.78. The van der Waals surface area contributed by atoms with Crippen LogP contribution in [0.1, 0.15) is 72.1 Å². The maximum absolute atomic E-state index is 10.4. The van der Waals surface area contributed by atoms with Crippen molar-refractivity contribution in [2.45, 2.75) is 83.3 Å². The van der Waals surface area contributed by atoms with Crippen molar-refractivity contribution in [2.75, 3.05) is 0 Å². The van der Waals surface area contributed by atoms with Crippen LogP contribution in [0.25, 0.3) is 0 Å². The number of aliphatic carboxylic acids is 2. The molecule has 9 nitrogen and oxygen atoms in total. The van der Waals surface area contributed by atoms with Crippen LogP contribution in [0, 0.1) is 5.92 Å². The van der Waals surface area contributed by atoms with Crippen molar-refractivity contribution in [3.63, 3.8) is 0 Å². The highest BCUT2D eigenvalue weighted by atomic mass is 16.7. The van der Waals surface area contributed by atoms with Crippen molar-refractivity contribution in [1.29, 1.82) is 0 Å². The van der Waals surface area contributed by atoms with E-state index in [4.69, 9.17) is 26.5 Å². The van der Waals surface area contributed by atoms with Gasteiger partial charge in [-0.15, -0.1) is 0 Å². The Morgan fingerprint density at radius 2 is 1.50 bits per heavy atom. The fourth-order valence-electron chi connectivity index (χ4n) is 2.60. The summed E-state index contributed by atoms with van der Waals surface area (Å²) in [5.41, 5.74) is 11.0. The Balaban J connectivity index is 0.000000361. The van der Waals surface area contributed by atoms with Gasteiger partial charge in [0.2, 0.25) is 0 Å². The molecule has 26 heavy (non-hydrogen) atoms. The molecular weight excluding hydrogens is 342 g/mol. The number of nitrogens with one attached hydrogen (secondary N) is 1. The molecule has 152 valence electrons. The van der Waals surface area contributed by atoms with E-state index in [1.807, 2.05) is 26.3 Å². The molecule has 0 aromatic heterocycles. The van der Waals surface area contributed by atoms with Gasteiger partial charge in [0, 0.05) is 0 Å². The number of carboxylic acid groups (broad SMARTS) is 2. The second-order valence-electron chi connectivity index (χ2n) is 7.67. The Bertz CT molecular complexity index is 464. The van der Waals surface area contributed by atoms with E-state index in [2.05, 4.69) is 0 Å². The summed E-state index contributed by atoms with van der Waals surface area (Å²) < 4.78 is 0. The average molecular weight is 375 g/mol. The van der Waals surface area contributed by atoms with Crippen molar-refractivity contribution >= 4 is 18.0 Å². The zero-order valence-corrected chi connectivity index (χ0v) is 15.9. The Morgan fingerprint density at radius 1 is 1.04 bits per heavy atom. The molecule has 0 saturated heterocycles. The monoisotopic (exact) mass is 375 g/mol. The molecule has 2 fully saturated rings. The number of nitrogens with two attached hydrogens (primary N) is 2. The summed E-state index contributed by atoms with van der Waals surface area (Å²) in [5, 5.41) is 17.0. The van der Waals surface area contributed by atoms with Crippen LogP contribution in [0.2, 0.25) is 0 Å². The average Bonchev–Trinajstić information content (AvgIpc) is 3.18. The second-order valence-corrected chi connectivity index (χ2v) is 7.67. The molecule has 0 spiro atoms. The van der Waals surface area contributed by atoms with E-state index in [0.29, 0.717) is 12.8 Å². The molecule has 2 amide bonds. The van der Waals surface area contributed by atoms with Crippen molar-refractivity contribution in [3.05, 3.63) is 0 Å². The van der Waals surface area contributed by atoms with E-state index >= 15 is 0 Å². The largest absolute Gasteiger partial charge is 0.481 e. The first kappa shape index (κ1) is 24.1. The molecule has 0 aromatic carbocycles. The maximum atomic E-state index is 10.4. The van der Waals surface area contributed by atoms with Gasteiger partial charge in [-0.05, 0) is 46.5 Å². The fraction of sp³-hybridized carbons (Fsp3) is 0.824. The summed E-state index contributed by atoms with van der Waals surface area (Å²) in [6.45, 7) is 5.43. The molecule has 0 heterocycles. The Kier molecular flexibility index (Phi) is 10.2. The number of hydrogen-bond donors (Lipinski definition) is 5. The third kappa shape index (κ3) is 10.9. The Hall–Kier alpha value is -1.87. The van der Waals surface area contributed by atoms with Crippen molar-refractivity contribution < 1.29 is 29.4 Å². The van der Waals surface area contributed by atoms with Gasteiger partial charge in [-0.25, -0.2) is 10.3 Å². The molecule has 2 saturated carbocycles. The number of amides is 2. The predicted octanol–water partition coefficient (Wildman–Crippen LogP) is 1.99. The fourth-order valence-corrected chi connectivity index (χ4v) is 2.60. The summed E-state index contributed by atoms with van der Waals surface area (Å²) >= 11 is 0. The van der Waals surface area contributed by atoms with Crippen molar-refractivity contribution in [1.82, 2.24) is 5.48 Å². The normalized spacial score (nSPS) is 18.8. The zero-order valence-electron chi connectivity index (χ0n) is 15.9. The standard InChI is InChI=1S/C6H11NO2.C6H10O2.C5H12N2O2/c7-6(5(8)9)3-1-2-4-6;7-6(8)5-3-1-2-4-5;1-5(2,3)9-7-4(6)8/h1-4,7H2,(H,8,9);5H,1-4H2,(H,7,8);1-3H3,(H3,6,7,8). The second kappa shape index (κ2) is 11.0. The molecule has 0 atom stereocenters. The Labute approximate surface area is 154 Å². The molecule has 0 unspecified atom stereocenters. The van der Waals surface area contributed by atoms with Crippen LogP contribution in [0.3, 0.4) is 0 Å². The van der Waals surface area contributed by atoms with Gasteiger partial charge in [-0.1, -0.05) is 25.7 Å². The molecule has 0 bridgehead atoms. The maximum Gasteiger partial charge on any atom is 0.336 e. The summed E-state index contributed by atoms with van der Waals surface area (Å²) in [4.78, 5) is 35.4. The first-order chi connectivity index (χ1) is 11.9. The van der Waals surface area contributed by atoms with Crippen molar-refractivity contribution in [3.8, 4) is 0 Å². The lowest BCUT2D eigenvalue weighted by atomic mass is 10.0. The smallest absolute Gasteiger partial charge is 0.336 e. The quantitative estimate of drug-likeness (QED) is 0.470. The molecule has 7 N–H and O–H groups in total. The van der Waals surface area contributed by atoms with Crippen molar-refractivity contribution in [2.24, 2.45) is 17.4 Å². The molecule has 0 radical (unpaired) electrons. The minimum absolute atomic E-state index is 0.0185. The van der Waals surface area contributed by atoms with E-state index < -0.39 is 23.5 Å². The summed E-state index contributed by atoms with van der Waals surface area (Å²) in [6, 6.07) is -0.676. The van der Waals surface area contributed by atoms with Gasteiger partial charge in [-0.2, -0.15) is 0 Å². The first-order valence-corrected chi connectivity index (χ1v) is 8.86. The summed E-state index contributed by atoms with van der Waals surface area (Å²) in [5.74, 6) is -1.47. The minimum atomic E-state index is -0.889. The lowest BCUT2D eigenvalue weighted by molar-refractivity contribution is -0.143. The summed E-state index contributed by atoms with van der Waals surface area (Å²) in [6.07, 6.45) is 7.22. The van der Waals surface area contributed by atoms with Gasteiger partial charge < -0.3 is 21.7 Å². The number of carbonyl (C=O) groups is 3. The molecule has 2 aliphatic carbocycles. The predicted molar refractivity (Wildman–Crippen MR) is 96.2 cm³/mol. The molecule has 9 heteroatoms. The molecular formula is C17H33N3O6. The minimum Gasteiger partial charge on any atom is -0.481 e. The van der Waals surface area contributed by atoms with Crippen LogP contribution in [0.5, 0.6) is 0 Å². The molecule has 2 rings (SSSR count). The van der Waals surface area contributed by atoms with E-state index in [9.17, 15) is 14.4 Å². The Morgan fingerprint density at radius 3 is 1.69 bits per heavy atom. The number of hydroxylamine groups is 1. The highest BCUT2D eigenvalue weighted by Crippen LogP contribution is 2.26. The van der Waals surface area contributed by atoms with Gasteiger partial charge in [0.1, 0.15) is 5.54 Å². The number of carbonyl (C=O) groups excluding carboxylic acids is 1. The van der Waals surface area contributed by atoms with Crippen LogP contribution in [-0.2, 0) is 14.4 Å². The number of carboxylic acids is 2. The number of rotatable bonds is 3. The lowest BCUT2D eigenvalue weighted by Crippen LogP contribution is -2.44. The summed E-state index contributed by atoms with van der Waals surface area (Å²) in [7, 11) is 0.